The van der Waals surface area contributed by atoms with Crippen molar-refractivity contribution in [2.45, 2.75) is 19.1 Å². The Morgan fingerprint density at radius 3 is 2.62 bits per heavy atom. The van der Waals surface area contributed by atoms with Crippen LogP contribution in [0.3, 0.4) is 0 Å². The summed E-state index contributed by atoms with van der Waals surface area (Å²) in [6, 6.07) is 4.27. The van der Waals surface area contributed by atoms with Gasteiger partial charge in [-0.15, -0.1) is 0 Å². The molecule has 21 heavy (non-hydrogen) atoms. The third-order valence-corrected chi connectivity index (χ3v) is 3.39. The maximum Gasteiger partial charge on any atom is 0.244 e. The van der Waals surface area contributed by atoms with Crippen LogP contribution in [0.15, 0.2) is 30.9 Å². The first-order valence-corrected chi connectivity index (χ1v) is 6.99. The molecule has 0 aliphatic heterocycles. The van der Waals surface area contributed by atoms with Crippen LogP contribution in [0.2, 0.25) is 10.0 Å². The summed E-state index contributed by atoms with van der Waals surface area (Å²) in [5, 5.41) is 17.5. The van der Waals surface area contributed by atoms with E-state index in [1.54, 1.807) is 25.1 Å². The van der Waals surface area contributed by atoms with Gasteiger partial charge in [0.1, 0.15) is 18.7 Å². The Kier molecular flexibility index (Phi) is 5.17. The minimum Gasteiger partial charge on any atom is -0.387 e. The Morgan fingerprint density at radius 1 is 1.38 bits per heavy atom. The predicted octanol–water partition coefficient (Wildman–Crippen LogP) is 2.00. The first kappa shape index (κ1) is 15.8. The average molecular weight is 329 g/mol. The number of aliphatic hydroxyl groups excluding tert-OH is 1. The van der Waals surface area contributed by atoms with Gasteiger partial charge in [-0.1, -0.05) is 23.2 Å². The predicted molar refractivity (Wildman–Crippen MR) is 79.2 cm³/mol. The van der Waals surface area contributed by atoms with Gasteiger partial charge in [-0.05, 0) is 30.7 Å². The van der Waals surface area contributed by atoms with Crippen molar-refractivity contribution in [2.75, 3.05) is 6.54 Å². The highest BCUT2D eigenvalue weighted by Gasteiger charge is 2.17. The number of halogens is 2. The lowest BCUT2D eigenvalue weighted by Gasteiger charge is -2.16. The molecule has 2 rings (SSSR count). The van der Waals surface area contributed by atoms with E-state index in [0.717, 1.165) is 0 Å². The van der Waals surface area contributed by atoms with Crippen LogP contribution in [0, 0.1) is 0 Å². The van der Waals surface area contributed by atoms with Gasteiger partial charge in [0.25, 0.3) is 0 Å². The van der Waals surface area contributed by atoms with Crippen molar-refractivity contribution in [1.29, 1.82) is 0 Å². The van der Waals surface area contributed by atoms with Gasteiger partial charge in [-0.3, -0.25) is 4.79 Å². The molecule has 0 saturated carbocycles. The zero-order valence-electron chi connectivity index (χ0n) is 11.2. The molecule has 112 valence electrons. The van der Waals surface area contributed by atoms with Gasteiger partial charge >= 0.3 is 0 Å². The summed E-state index contributed by atoms with van der Waals surface area (Å²) < 4.78 is 1.43. The molecule has 1 aromatic heterocycles. The second-order valence-electron chi connectivity index (χ2n) is 4.52. The molecule has 8 heteroatoms. The zero-order chi connectivity index (χ0) is 15.4. The molecule has 0 aliphatic rings. The van der Waals surface area contributed by atoms with Gasteiger partial charge in [-0.25, -0.2) is 9.67 Å². The molecule has 1 aromatic carbocycles. The molecule has 0 bridgehead atoms. The molecule has 0 saturated heterocycles. The smallest absolute Gasteiger partial charge is 0.244 e. The Hall–Kier alpha value is -1.63. The van der Waals surface area contributed by atoms with Crippen molar-refractivity contribution in [2.24, 2.45) is 0 Å². The normalized spacial score (nSPS) is 13.7. The molecular formula is C13H14Cl2N4O2. The highest BCUT2D eigenvalue weighted by molar-refractivity contribution is 6.34. The van der Waals surface area contributed by atoms with E-state index in [1.807, 2.05) is 0 Å². The molecule has 2 atom stereocenters. The van der Waals surface area contributed by atoms with E-state index in [1.165, 1.54) is 17.3 Å². The number of hydrogen-bond acceptors (Lipinski definition) is 4. The number of hydrogen-bond donors (Lipinski definition) is 2. The number of aromatic nitrogens is 3. The molecular weight excluding hydrogens is 315 g/mol. The Bertz CT molecular complexity index is 598. The molecule has 0 spiro atoms. The number of rotatable bonds is 5. The quantitative estimate of drug-likeness (QED) is 0.879. The van der Waals surface area contributed by atoms with E-state index in [9.17, 15) is 9.90 Å². The molecule has 0 radical (unpaired) electrons. The van der Waals surface area contributed by atoms with Gasteiger partial charge < -0.3 is 10.4 Å². The SMILES string of the molecule is CC(C(=O)NCC(O)c1cc(Cl)cc(Cl)c1)n1cncn1. The minimum atomic E-state index is -0.895. The molecule has 2 unspecified atom stereocenters. The van der Waals surface area contributed by atoms with Gasteiger partial charge in [0, 0.05) is 16.6 Å². The number of amides is 1. The lowest BCUT2D eigenvalue weighted by atomic mass is 10.1. The Balaban J connectivity index is 1.94. The summed E-state index contributed by atoms with van der Waals surface area (Å²) in [5.74, 6) is -0.271. The fourth-order valence-electron chi connectivity index (χ4n) is 1.77. The molecule has 0 fully saturated rings. The van der Waals surface area contributed by atoms with Crippen LogP contribution in [-0.2, 0) is 4.79 Å². The van der Waals surface area contributed by atoms with E-state index in [-0.39, 0.29) is 12.5 Å². The second-order valence-corrected chi connectivity index (χ2v) is 5.39. The standard InChI is InChI=1S/C13H14Cl2N4O2/c1-8(19-7-16-6-18-19)13(21)17-5-12(20)9-2-10(14)4-11(15)3-9/h2-4,6-8,12,20H,5H2,1H3,(H,17,21). The monoisotopic (exact) mass is 328 g/mol. The summed E-state index contributed by atoms with van der Waals surface area (Å²) in [4.78, 5) is 15.7. The third kappa shape index (κ3) is 4.17. The average Bonchev–Trinajstić information content (AvgIpc) is 2.96. The number of nitrogens with one attached hydrogen (secondary N) is 1. The van der Waals surface area contributed by atoms with Gasteiger partial charge in [0.15, 0.2) is 0 Å². The lowest BCUT2D eigenvalue weighted by molar-refractivity contribution is -0.124. The number of carbonyl (C=O) groups is 1. The summed E-state index contributed by atoms with van der Waals surface area (Å²) in [5.41, 5.74) is 0.543. The van der Waals surface area contributed by atoms with Crippen LogP contribution in [0.1, 0.15) is 24.6 Å². The van der Waals surface area contributed by atoms with Crippen molar-refractivity contribution in [3.05, 3.63) is 46.5 Å². The van der Waals surface area contributed by atoms with E-state index in [0.29, 0.717) is 15.6 Å². The van der Waals surface area contributed by atoms with Crippen molar-refractivity contribution in [1.82, 2.24) is 20.1 Å². The number of aliphatic hydroxyl groups is 1. The van der Waals surface area contributed by atoms with Crippen molar-refractivity contribution in [3.63, 3.8) is 0 Å². The second kappa shape index (κ2) is 6.89. The molecule has 1 amide bonds. The topological polar surface area (TPSA) is 80.0 Å². The van der Waals surface area contributed by atoms with Crippen LogP contribution in [0.4, 0.5) is 0 Å². The van der Waals surface area contributed by atoms with E-state index >= 15 is 0 Å². The fraction of sp³-hybridized carbons (Fsp3) is 0.308. The van der Waals surface area contributed by atoms with Crippen LogP contribution in [-0.4, -0.2) is 32.3 Å². The Labute approximate surface area is 131 Å². The fourth-order valence-corrected chi connectivity index (χ4v) is 2.31. The number of carbonyl (C=O) groups excluding carboxylic acids is 1. The highest BCUT2D eigenvalue weighted by Crippen LogP contribution is 2.23. The van der Waals surface area contributed by atoms with Crippen molar-refractivity contribution in [3.8, 4) is 0 Å². The summed E-state index contributed by atoms with van der Waals surface area (Å²) in [7, 11) is 0. The first-order chi connectivity index (χ1) is 9.97. The largest absolute Gasteiger partial charge is 0.387 e. The summed E-state index contributed by atoms with van der Waals surface area (Å²) in [6.45, 7) is 1.74. The first-order valence-electron chi connectivity index (χ1n) is 6.23. The number of nitrogens with zero attached hydrogens (tertiary/aromatic N) is 3. The van der Waals surface area contributed by atoms with Crippen LogP contribution >= 0.6 is 23.2 Å². The van der Waals surface area contributed by atoms with Crippen LogP contribution in [0.25, 0.3) is 0 Å². The van der Waals surface area contributed by atoms with Gasteiger partial charge in [0.05, 0.1) is 6.10 Å². The maximum atomic E-state index is 11.9. The van der Waals surface area contributed by atoms with Crippen LogP contribution < -0.4 is 5.32 Å². The molecule has 0 aliphatic carbocycles. The van der Waals surface area contributed by atoms with Crippen molar-refractivity contribution < 1.29 is 9.90 Å². The summed E-state index contributed by atoms with van der Waals surface area (Å²) in [6.07, 6.45) is 1.91. The minimum absolute atomic E-state index is 0.0501. The van der Waals surface area contributed by atoms with E-state index in [2.05, 4.69) is 15.4 Å². The van der Waals surface area contributed by atoms with E-state index in [4.69, 9.17) is 23.2 Å². The third-order valence-electron chi connectivity index (χ3n) is 2.95. The zero-order valence-corrected chi connectivity index (χ0v) is 12.7. The Morgan fingerprint density at radius 2 is 2.05 bits per heavy atom. The number of benzene rings is 1. The van der Waals surface area contributed by atoms with Crippen molar-refractivity contribution >= 4 is 29.1 Å². The molecule has 1 heterocycles. The van der Waals surface area contributed by atoms with Crippen LogP contribution in [0.5, 0.6) is 0 Å². The van der Waals surface area contributed by atoms with E-state index < -0.39 is 12.1 Å². The lowest BCUT2D eigenvalue weighted by Crippen LogP contribution is -2.34. The maximum absolute atomic E-state index is 11.9. The molecule has 2 N–H and O–H groups in total. The van der Waals surface area contributed by atoms with Gasteiger partial charge in [0.2, 0.25) is 5.91 Å². The van der Waals surface area contributed by atoms with Gasteiger partial charge in [-0.2, -0.15) is 5.10 Å². The summed E-state index contributed by atoms with van der Waals surface area (Å²) >= 11 is 11.7. The highest BCUT2D eigenvalue weighted by atomic mass is 35.5. The molecule has 6 nitrogen and oxygen atoms in total. The molecule has 2 aromatic rings.